The number of nitrogens with zero attached hydrogens (tertiary/aromatic N) is 2. The highest BCUT2D eigenvalue weighted by Crippen LogP contribution is 2.26. The van der Waals surface area contributed by atoms with Crippen molar-refractivity contribution in [1.29, 1.82) is 0 Å². The molecule has 0 aliphatic carbocycles. The van der Waals surface area contributed by atoms with E-state index in [0.29, 0.717) is 19.1 Å². The average molecular weight is 300 g/mol. The third-order valence-corrected chi connectivity index (χ3v) is 5.89. The number of rotatable bonds is 3. The molecule has 1 aromatic heterocycles. The van der Waals surface area contributed by atoms with Crippen molar-refractivity contribution in [3.8, 4) is 0 Å². The molecule has 2 aliphatic heterocycles. The molecule has 1 atom stereocenters. The summed E-state index contributed by atoms with van der Waals surface area (Å²) in [4.78, 5) is 2.39. The highest BCUT2D eigenvalue weighted by Gasteiger charge is 2.35. The molecule has 7 heteroatoms. The van der Waals surface area contributed by atoms with Crippen LogP contribution in [0.3, 0.4) is 0 Å². The summed E-state index contributed by atoms with van der Waals surface area (Å²) in [6, 6.07) is 3.27. The Morgan fingerprint density at radius 2 is 2.05 bits per heavy atom. The molecule has 2 saturated heterocycles. The number of aliphatic hydroxyl groups excluding tert-OH is 1. The Bertz CT molecular complexity index is 569. The fourth-order valence-corrected chi connectivity index (χ4v) is 4.54. The van der Waals surface area contributed by atoms with Crippen molar-refractivity contribution in [3.05, 3.63) is 17.9 Å². The lowest BCUT2D eigenvalue weighted by Crippen LogP contribution is -2.39. The Kier molecular flexibility index (Phi) is 3.85. The lowest BCUT2D eigenvalue weighted by molar-refractivity contribution is 0.233. The molecular weight excluding hydrogens is 280 g/mol. The van der Waals surface area contributed by atoms with E-state index in [1.54, 1.807) is 0 Å². The maximum Gasteiger partial charge on any atom is 0.276 e. The summed E-state index contributed by atoms with van der Waals surface area (Å²) in [5.74, 6) is 0.279. The Labute approximate surface area is 119 Å². The largest absolute Gasteiger partial charge is 0.446 e. The quantitative estimate of drug-likeness (QED) is 0.886. The van der Waals surface area contributed by atoms with Crippen molar-refractivity contribution in [2.45, 2.75) is 37.0 Å². The summed E-state index contributed by atoms with van der Waals surface area (Å²) in [5, 5.41) is 8.92. The standard InChI is InChI=1S/C13H20N2O4S/c16-10-12-4-5-13(19-12)20(17,18)15-8-2-7-14-6-1-3-11(14)9-15/h4-5,11,16H,1-3,6-10H2. The normalized spacial score (nSPS) is 25.6. The molecule has 3 heterocycles. The molecule has 0 bridgehead atoms. The highest BCUT2D eigenvalue weighted by molar-refractivity contribution is 7.89. The molecule has 0 radical (unpaired) electrons. The second-order valence-electron chi connectivity index (χ2n) is 5.43. The van der Waals surface area contributed by atoms with Crippen molar-refractivity contribution in [3.63, 3.8) is 0 Å². The van der Waals surface area contributed by atoms with Gasteiger partial charge in [-0.05, 0) is 44.5 Å². The maximum absolute atomic E-state index is 12.6. The van der Waals surface area contributed by atoms with Crippen LogP contribution in [0.25, 0.3) is 0 Å². The second kappa shape index (κ2) is 5.48. The van der Waals surface area contributed by atoms with Crippen LogP contribution in [0.15, 0.2) is 21.6 Å². The van der Waals surface area contributed by atoms with Crippen LogP contribution in [0.5, 0.6) is 0 Å². The first-order valence-corrected chi connectivity index (χ1v) is 8.49. The molecule has 1 aromatic rings. The van der Waals surface area contributed by atoms with Crippen LogP contribution in [0.4, 0.5) is 0 Å². The smallest absolute Gasteiger partial charge is 0.276 e. The molecule has 0 saturated carbocycles. The van der Waals surface area contributed by atoms with Gasteiger partial charge in [0.05, 0.1) is 0 Å². The van der Waals surface area contributed by atoms with E-state index in [4.69, 9.17) is 9.52 Å². The van der Waals surface area contributed by atoms with E-state index < -0.39 is 10.0 Å². The lowest BCUT2D eigenvalue weighted by Gasteiger charge is -2.24. The Hall–Kier alpha value is -0.890. The van der Waals surface area contributed by atoms with E-state index in [0.717, 1.165) is 32.4 Å². The summed E-state index contributed by atoms with van der Waals surface area (Å²) in [6.07, 6.45) is 3.06. The first-order valence-electron chi connectivity index (χ1n) is 7.05. The number of hydrogen-bond donors (Lipinski definition) is 1. The van der Waals surface area contributed by atoms with Gasteiger partial charge in [-0.25, -0.2) is 8.42 Å². The van der Waals surface area contributed by atoms with Gasteiger partial charge in [-0.1, -0.05) is 0 Å². The van der Waals surface area contributed by atoms with E-state index in [-0.39, 0.29) is 17.5 Å². The van der Waals surface area contributed by atoms with Gasteiger partial charge in [-0.2, -0.15) is 4.31 Å². The Balaban J connectivity index is 1.82. The summed E-state index contributed by atoms with van der Waals surface area (Å²) >= 11 is 0. The molecule has 2 fully saturated rings. The van der Waals surface area contributed by atoms with Gasteiger partial charge in [0.15, 0.2) is 0 Å². The molecule has 6 nitrogen and oxygen atoms in total. The molecular formula is C13H20N2O4S. The van der Waals surface area contributed by atoms with Crippen LogP contribution in [-0.4, -0.2) is 55.0 Å². The fourth-order valence-electron chi connectivity index (χ4n) is 3.10. The number of aliphatic hydroxyl groups is 1. The van der Waals surface area contributed by atoms with E-state index in [1.165, 1.54) is 16.4 Å². The molecule has 1 N–H and O–H groups in total. The maximum atomic E-state index is 12.6. The van der Waals surface area contributed by atoms with E-state index >= 15 is 0 Å². The summed E-state index contributed by atoms with van der Waals surface area (Å²) in [6.45, 7) is 2.83. The van der Waals surface area contributed by atoms with Gasteiger partial charge >= 0.3 is 0 Å². The van der Waals surface area contributed by atoms with Crippen LogP contribution in [0.1, 0.15) is 25.0 Å². The summed E-state index contributed by atoms with van der Waals surface area (Å²) < 4.78 is 31.9. The molecule has 3 rings (SSSR count). The van der Waals surface area contributed by atoms with Crippen molar-refractivity contribution < 1.29 is 17.9 Å². The minimum atomic E-state index is -3.58. The molecule has 0 spiro atoms. The predicted octanol–water partition coefficient (Wildman–Crippen LogP) is 0.631. The third-order valence-electron chi connectivity index (χ3n) is 4.15. The van der Waals surface area contributed by atoms with Gasteiger partial charge < -0.3 is 9.52 Å². The minimum absolute atomic E-state index is 0.0620. The molecule has 1 unspecified atom stereocenters. The average Bonchev–Trinajstić information content (AvgIpc) is 3.04. The van der Waals surface area contributed by atoms with Crippen LogP contribution >= 0.6 is 0 Å². The van der Waals surface area contributed by atoms with E-state index in [1.807, 2.05) is 0 Å². The SMILES string of the molecule is O=S(=O)(c1ccc(CO)o1)N1CCCN2CCCC2C1. The zero-order chi connectivity index (χ0) is 14.2. The van der Waals surface area contributed by atoms with Gasteiger partial charge in [0.1, 0.15) is 12.4 Å². The predicted molar refractivity (Wildman–Crippen MR) is 72.6 cm³/mol. The van der Waals surface area contributed by atoms with Gasteiger partial charge in [0.2, 0.25) is 5.09 Å². The van der Waals surface area contributed by atoms with Gasteiger partial charge in [-0.3, -0.25) is 4.90 Å². The summed E-state index contributed by atoms with van der Waals surface area (Å²) in [5.41, 5.74) is 0. The molecule has 20 heavy (non-hydrogen) atoms. The molecule has 0 aromatic carbocycles. The number of sulfonamides is 1. The van der Waals surface area contributed by atoms with Crippen LogP contribution in [0, 0.1) is 0 Å². The molecule has 0 amide bonds. The fraction of sp³-hybridized carbons (Fsp3) is 0.692. The molecule has 2 aliphatic rings. The number of hydrogen-bond acceptors (Lipinski definition) is 5. The van der Waals surface area contributed by atoms with E-state index in [2.05, 4.69) is 4.90 Å². The van der Waals surface area contributed by atoms with Gasteiger partial charge in [-0.15, -0.1) is 0 Å². The second-order valence-corrected chi connectivity index (χ2v) is 7.30. The van der Waals surface area contributed by atoms with Gasteiger partial charge in [0, 0.05) is 19.1 Å². The third kappa shape index (κ3) is 2.50. The summed E-state index contributed by atoms with van der Waals surface area (Å²) in [7, 11) is -3.58. The van der Waals surface area contributed by atoms with Crippen molar-refractivity contribution >= 4 is 10.0 Å². The zero-order valence-corrected chi connectivity index (χ0v) is 12.2. The van der Waals surface area contributed by atoms with Crippen LogP contribution in [0.2, 0.25) is 0 Å². The van der Waals surface area contributed by atoms with Gasteiger partial charge in [0.25, 0.3) is 10.0 Å². The van der Waals surface area contributed by atoms with Crippen molar-refractivity contribution in [1.82, 2.24) is 9.21 Å². The number of furan rings is 1. The lowest BCUT2D eigenvalue weighted by atomic mass is 10.2. The topological polar surface area (TPSA) is 74.0 Å². The van der Waals surface area contributed by atoms with Crippen molar-refractivity contribution in [2.24, 2.45) is 0 Å². The van der Waals surface area contributed by atoms with Crippen LogP contribution < -0.4 is 0 Å². The highest BCUT2D eigenvalue weighted by atomic mass is 32.2. The Morgan fingerprint density at radius 3 is 2.80 bits per heavy atom. The first kappa shape index (κ1) is 14.1. The van der Waals surface area contributed by atoms with Crippen molar-refractivity contribution in [2.75, 3.05) is 26.2 Å². The number of fused-ring (bicyclic) bond motifs is 1. The minimum Gasteiger partial charge on any atom is -0.446 e. The first-order chi connectivity index (χ1) is 9.61. The Morgan fingerprint density at radius 1 is 1.25 bits per heavy atom. The van der Waals surface area contributed by atoms with Crippen LogP contribution in [-0.2, 0) is 16.6 Å². The van der Waals surface area contributed by atoms with E-state index in [9.17, 15) is 8.42 Å². The molecule has 112 valence electrons. The monoisotopic (exact) mass is 300 g/mol. The zero-order valence-electron chi connectivity index (χ0n) is 11.4.